The van der Waals surface area contributed by atoms with Gasteiger partial charge in [0.2, 0.25) is 0 Å². The van der Waals surface area contributed by atoms with E-state index in [0.717, 1.165) is 34.0 Å². The minimum Gasteiger partial charge on any atom is -0.481 e. The Hall–Kier alpha value is -2.63. The van der Waals surface area contributed by atoms with Crippen molar-refractivity contribution < 1.29 is 9.90 Å². The van der Waals surface area contributed by atoms with Gasteiger partial charge in [0.05, 0.1) is 17.8 Å². The quantitative estimate of drug-likeness (QED) is 0.751. The van der Waals surface area contributed by atoms with Crippen LogP contribution < -0.4 is 4.90 Å². The van der Waals surface area contributed by atoms with Crippen LogP contribution in [0.1, 0.15) is 6.42 Å². The third-order valence-corrected chi connectivity index (χ3v) is 4.16. The number of carboxylic acids is 1. The summed E-state index contributed by atoms with van der Waals surface area (Å²) >= 11 is 0. The summed E-state index contributed by atoms with van der Waals surface area (Å²) in [5.41, 5.74) is 1.83. The normalized spacial score (nSPS) is 18.7. The number of fused-ring (bicyclic) bond motifs is 3. The summed E-state index contributed by atoms with van der Waals surface area (Å²) in [5, 5.41) is 12.3. The van der Waals surface area contributed by atoms with Gasteiger partial charge >= 0.3 is 5.97 Å². The molecule has 1 fully saturated rings. The van der Waals surface area contributed by atoms with Crippen molar-refractivity contribution in [1.29, 1.82) is 0 Å². The zero-order valence-corrected chi connectivity index (χ0v) is 11.3. The predicted molar refractivity (Wildman–Crippen MR) is 79.4 cm³/mol. The smallest absolute Gasteiger partial charge is 0.308 e. The molecular formula is C15H14N4O2. The van der Waals surface area contributed by atoms with Crippen LogP contribution in [0, 0.1) is 5.92 Å². The number of anilines is 1. The highest BCUT2D eigenvalue weighted by Crippen LogP contribution is 2.34. The number of aromatic nitrogens is 3. The average Bonchev–Trinajstić information content (AvgIpc) is 3.15. The van der Waals surface area contributed by atoms with Gasteiger partial charge in [-0.15, -0.1) is 0 Å². The van der Waals surface area contributed by atoms with E-state index in [1.54, 1.807) is 12.4 Å². The average molecular weight is 282 g/mol. The van der Waals surface area contributed by atoms with E-state index in [9.17, 15) is 9.90 Å². The molecule has 4 heterocycles. The van der Waals surface area contributed by atoms with Gasteiger partial charge in [0.1, 0.15) is 5.65 Å². The molecule has 1 aliphatic heterocycles. The SMILES string of the molecule is O=C(O)C1CCN(c2cncc3cnc4[nH]ccc4c23)C1. The van der Waals surface area contributed by atoms with Crippen LogP contribution in [-0.2, 0) is 4.79 Å². The maximum Gasteiger partial charge on any atom is 0.308 e. The number of pyridine rings is 2. The van der Waals surface area contributed by atoms with Crippen molar-refractivity contribution in [3.63, 3.8) is 0 Å². The molecular weight excluding hydrogens is 268 g/mol. The third kappa shape index (κ3) is 1.83. The number of carboxylic acid groups (broad SMARTS) is 1. The van der Waals surface area contributed by atoms with Crippen molar-refractivity contribution in [2.24, 2.45) is 5.92 Å². The van der Waals surface area contributed by atoms with E-state index >= 15 is 0 Å². The van der Waals surface area contributed by atoms with Crippen molar-refractivity contribution in [3.8, 4) is 0 Å². The second kappa shape index (κ2) is 4.44. The van der Waals surface area contributed by atoms with Crippen LogP contribution in [0.15, 0.2) is 30.9 Å². The summed E-state index contributed by atoms with van der Waals surface area (Å²) in [6, 6.07) is 2.00. The molecule has 6 heteroatoms. The molecule has 2 N–H and O–H groups in total. The van der Waals surface area contributed by atoms with Gasteiger partial charge in [0.15, 0.2) is 0 Å². The lowest BCUT2D eigenvalue weighted by molar-refractivity contribution is -0.140. The molecule has 106 valence electrons. The van der Waals surface area contributed by atoms with Crippen LogP contribution >= 0.6 is 0 Å². The first kappa shape index (κ1) is 12.1. The van der Waals surface area contributed by atoms with Gasteiger partial charge < -0.3 is 15.0 Å². The summed E-state index contributed by atoms with van der Waals surface area (Å²) in [4.78, 5) is 25.0. The Bertz CT molecular complexity index is 842. The number of carbonyl (C=O) groups is 1. The van der Waals surface area contributed by atoms with E-state index in [4.69, 9.17) is 0 Å². The van der Waals surface area contributed by atoms with Crippen LogP contribution in [0.4, 0.5) is 5.69 Å². The number of nitrogens with zero attached hydrogens (tertiary/aromatic N) is 3. The molecule has 0 bridgehead atoms. The van der Waals surface area contributed by atoms with Gasteiger partial charge in [-0.2, -0.15) is 0 Å². The molecule has 1 saturated heterocycles. The summed E-state index contributed by atoms with van der Waals surface area (Å²) in [6.07, 6.45) is 7.95. The molecule has 0 amide bonds. The first-order valence-electron chi connectivity index (χ1n) is 6.91. The molecule has 0 aliphatic carbocycles. The summed E-state index contributed by atoms with van der Waals surface area (Å²) in [6.45, 7) is 1.27. The molecule has 21 heavy (non-hydrogen) atoms. The van der Waals surface area contributed by atoms with Crippen LogP contribution in [0.25, 0.3) is 21.8 Å². The Morgan fingerprint density at radius 1 is 1.38 bits per heavy atom. The van der Waals surface area contributed by atoms with Crippen molar-refractivity contribution in [2.75, 3.05) is 18.0 Å². The van der Waals surface area contributed by atoms with Gasteiger partial charge in [-0.05, 0) is 12.5 Å². The Morgan fingerprint density at radius 3 is 3.10 bits per heavy atom. The highest BCUT2D eigenvalue weighted by molar-refractivity contribution is 6.11. The molecule has 3 aromatic heterocycles. The zero-order valence-electron chi connectivity index (χ0n) is 11.3. The maximum absolute atomic E-state index is 11.2. The molecule has 0 radical (unpaired) electrons. The number of nitrogens with one attached hydrogen (secondary N) is 1. The standard InChI is InChI=1S/C15H14N4O2/c20-15(21)9-2-4-19(8-9)12-7-16-5-10-6-18-14-11(13(10)12)1-3-17-14/h1,3,5-7,9H,2,4,8H2,(H,17,18)(H,20,21). The highest BCUT2D eigenvalue weighted by Gasteiger charge is 2.29. The lowest BCUT2D eigenvalue weighted by Crippen LogP contribution is -2.23. The molecule has 0 spiro atoms. The van der Waals surface area contributed by atoms with Crippen molar-refractivity contribution >= 4 is 33.5 Å². The number of H-pyrrole nitrogens is 1. The van der Waals surface area contributed by atoms with Crippen LogP contribution in [0.3, 0.4) is 0 Å². The van der Waals surface area contributed by atoms with E-state index in [2.05, 4.69) is 19.9 Å². The van der Waals surface area contributed by atoms with Crippen molar-refractivity contribution in [3.05, 3.63) is 30.9 Å². The minimum atomic E-state index is -0.723. The maximum atomic E-state index is 11.2. The Kier molecular flexibility index (Phi) is 2.57. The Balaban J connectivity index is 1.89. The Labute approximate surface area is 120 Å². The van der Waals surface area contributed by atoms with Gasteiger partial charge in [0, 0.05) is 47.8 Å². The number of aliphatic carboxylic acids is 1. The largest absolute Gasteiger partial charge is 0.481 e. The third-order valence-electron chi connectivity index (χ3n) is 4.16. The topological polar surface area (TPSA) is 82.1 Å². The van der Waals surface area contributed by atoms with E-state index in [1.807, 2.05) is 18.5 Å². The monoisotopic (exact) mass is 282 g/mol. The summed E-state index contributed by atoms with van der Waals surface area (Å²) < 4.78 is 0. The fraction of sp³-hybridized carbons (Fsp3) is 0.267. The Morgan fingerprint density at radius 2 is 2.29 bits per heavy atom. The first-order chi connectivity index (χ1) is 10.2. The molecule has 0 aromatic carbocycles. The van der Waals surface area contributed by atoms with Crippen LogP contribution in [-0.4, -0.2) is 39.1 Å². The second-order valence-corrected chi connectivity index (χ2v) is 5.39. The molecule has 1 unspecified atom stereocenters. The minimum absolute atomic E-state index is 0.302. The lowest BCUT2D eigenvalue weighted by atomic mass is 10.1. The van der Waals surface area contributed by atoms with E-state index < -0.39 is 5.97 Å². The molecule has 1 atom stereocenters. The van der Waals surface area contributed by atoms with E-state index in [1.165, 1.54) is 0 Å². The number of hydrogen-bond acceptors (Lipinski definition) is 4. The van der Waals surface area contributed by atoms with E-state index in [0.29, 0.717) is 13.0 Å². The number of hydrogen-bond donors (Lipinski definition) is 2. The van der Waals surface area contributed by atoms with Gasteiger partial charge in [-0.3, -0.25) is 9.78 Å². The fourth-order valence-corrected chi connectivity index (χ4v) is 3.08. The number of aromatic amines is 1. The predicted octanol–water partition coefficient (Wildman–Crippen LogP) is 2.02. The van der Waals surface area contributed by atoms with Gasteiger partial charge in [0.25, 0.3) is 0 Å². The van der Waals surface area contributed by atoms with Crippen molar-refractivity contribution in [2.45, 2.75) is 6.42 Å². The summed E-state index contributed by atoms with van der Waals surface area (Å²) in [7, 11) is 0. The fourth-order valence-electron chi connectivity index (χ4n) is 3.08. The highest BCUT2D eigenvalue weighted by atomic mass is 16.4. The lowest BCUT2D eigenvalue weighted by Gasteiger charge is -2.20. The molecule has 6 nitrogen and oxygen atoms in total. The van der Waals surface area contributed by atoms with Crippen LogP contribution in [0.5, 0.6) is 0 Å². The van der Waals surface area contributed by atoms with Crippen LogP contribution in [0.2, 0.25) is 0 Å². The van der Waals surface area contributed by atoms with Crippen molar-refractivity contribution in [1.82, 2.24) is 15.0 Å². The molecule has 1 aliphatic rings. The van der Waals surface area contributed by atoms with Gasteiger partial charge in [-0.1, -0.05) is 0 Å². The first-order valence-corrected chi connectivity index (χ1v) is 6.91. The van der Waals surface area contributed by atoms with Gasteiger partial charge in [-0.25, -0.2) is 4.98 Å². The molecule has 0 saturated carbocycles. The zero-order chi connectivity index (χ0) is 14.4. The molecule has 3 aromatic rings. The van der Waals surface area contributed by atoms with E-state index in [-0.39, 0.29) is 5.92 Å². The summed E-state index contributed by atoms with van der Waals surface area (Å²) in [5.74, 6) is -1.03. The second-order valence-electron chi connectivity index (χ2n) is 5.39. The number of rotatable bonds is 2. The molecule has 4 rings (SSSR count).